The highest BCUT2D eigenvalue weighted by atomic mass is 35.5. The number of rotatable bonds is 7. The first kappa shape index (κ1) is 18.8. The minimum absolute atomic E-state index is 0.0275. The molecule has 0 aliphatic rings. The number of aliphatic hydroxyl groups is 1. The van der Waals surface area contributed by atoms with E-state index < -0.39 is 11.0 Å². The van der Waals surface area contributed by atoms with E-state index in [4.69, 9.17) is 11.6 Å². The highest BCUT2D eigenvalue weighted by molar-refractivity contribution is 6.30. The molecule has 0 radical (unpaired) electrons. The lowest BCUT2D eigenvalue weighted by Gasteiger charge is -2.23. The molecule has 6 nitrogen and oxygen atoms in total. The van der Waals surface area contributed by atoms with Crippen molar-refractivity contribution in [2.45, 2.75) is 18.6 Å². The smallest absolute Gasteiger partial charge is 0.269 e. The molecule has 1 heterocycles. The predicted molar refractivity (Wildman–Crippen MR) is 105 cm³/mol. The summed E-state index contributed by atoms with van der Waals surface area (Å²) in [4.78, 5) is 14.5. The summed E-state index contributed by atoms with van der Waals surface area (Å²) in [5.41, 5.74) is 2.42. The second-order valence-electron chi connectivity index (χ2n) is 6.09. The van der Waals surface area contributed by atoms with Crippen molar-refractivity contribution in [3.63, 3.8) is 0 Å². The van der Waals surface area contributed by atoms with Gasteiger partial charge in [-0.2, -0.15) is 0 Å². The van der Waals surface area contributed by atoms with Crippen LogP contribution in [-0.4, -0.2) is 15.0 Å². The van der Waals surface area contributed by atoms with Gasteiger partial charge in [0.25, 0.3) is 5.69 Å². The van der Waals surface area contributed by atoms with Crippen molar-refractivity contribution in [1.82, 2.24) is 4.98 Å². The Bertz CT molecular complexity index is 887. The maximum absolute atomic E-state index is 10.8. The third-order valence-corrected chi connectivity index (χ3v) is 4.47. The third kappa shape index (κ3) is 5.03. The number of nitrogens with one attached hydrogen (secondary N) is 1. The fourth-order valence-electron chi connectivity index (χ4n) is 2.79. The van der Waals surface area contributed by atoms with E-state index in [-0.39, 0.29) is 11.7 Å². The Labute approximate surface area is 161 Å². The van der Waals surface area contributed by atoms with E-state index in [1.165, 1.54) is 12.1 Å². The molecule has 0 fully saturated rings. The molecule has 0 spiro atoms. The average molecular weight is 384 g/mol. The minimum Gasteiger partial charge on any atom is -0.388 e. The van der Waals surface area contributed by atoms with Crippen LogP contribution < -0.4 is 5.32 Å². The number of non-ortho nitro benzene ring substituents is 1. The molecule has 3 rings (SSSR count). The van der Waals surface area contributed by atoms with Gasteiger partial charge in [0.15, 0.2) is 0 Å². The summed E-state index contributed by atoms with van der Waals surface area (Å²) in [6.45, 7) is 0. The Kier molecular flexibility index (Phi) is 6.01. The first-order chi connectivity index (χ1) is 13.0. The molecule has 2 aromatic carbocycles. The number of aliphatic hydroxyl groups excluding tert-OH is 1. The molecule has 0 amide bonds. The fourth-order valence-corrected chi connectivity index (χ4v) is 2.91. The molecule has 2 atom stereocenters. The summed E-state index contributed by atoms with van der Waals surface area (Å²) < 4.78 is 0. The van der Waals surface area contributed by atoms with Crippen molar-refractivity contribution in [3.8, 4) is 0 Å². The number of aromatic nitrogens is 1. The van der Waals surface area contributed by atoms with Crippen LogP contribution in [0.1, 0.15) is 29.7 Å². The molecular formula is C20H18ClN3O3. The van der Waals surface area contributed by atoms with Crippen LogP contribution in [0.3, 0.4) is 0 Å². The van der Waals surface area contributed by atoms with Crippen LogP contribution in [0.15, 0.2) is 73.1 Å². The fraction of sp³-hybridized carbons (Fsp3) is 0.150. The van der Waals surface area contributed by atoms with Gasteiger partial charge in [-0.3, -0.25) is 15.1 Å². The van der Waals surface area contributed by atoms with Crippen molar-refractivity contribution in [2.75, 3.05) is 5.32 Å². The average Bonchev–Trinajstić information content (AvgIpc) is 2.69. The van der Waals surface area contributed by atoms with Crippen LogP contribution in [0, 0.1) is 10.1 Å². The second kappa shape index (κ2) is 8.62. The first-order valence-corrected chi connectivity index (χ1v) is 8.75. The highest BCUT2D eigenvalue weighted by Gasteiger charge is 2.18. The molecule has 138 valence electrons. The maximum atomic E-state index is 10.8. The third-order valence-electron chi connectivity index (χ3n) is 4.22. The van der Waals surface area contributed by atoms with E-state index in [9.17, 15) is 15.2 Å². The van der Waals surface area contributed by atoms with E-state index >= 15 is 0 Å². The zero-order valence-corrected chi connectivity index (χ0v) is 15.1. The number of nitro groups is 1. The van der Waals surface area contributed by atoms with E-state index in [0.29, 0.717) is 11.4 Å². The van der Waals surface area contributed by atoms with Gasteiger partial charge in [0.2, 0.25) is 0 Å². The number of nitrogens with zero attached hydrogens (tertiary/aromatic N) is 2. The molecule has 0 saturated carbocycles. The van der Waals surface area contributed by atoms with Crippen molar-refractivity contribution < 1.29 is 10.0 Å². The number of anilines is 1. The van der Waals surface area contributed by atoms with Gasteiger partial charge in [-0.1, -0.05) is 29.8 Å². The number of nitro benzene ring substituents is 1. The molecule has 2 N–H and O–H groups in total. The Morgan fingerprint density at radius 2 is 1.78 bits per heavy atom. The van der Waals surface area contributed by atoms with Gasteiger partial charge in [-0.25, -0.2) is 0 Å². The Morgan fingerprint density at radius 3 is 2.37 bits per heavy atom. The van der Waals surface area contributed by atoms with Gasteiger partial charge >= 0.3 is 0 Å². The van der Waals surface area contributed by atoms with E-state index in [2.05, 4.69) is 10.3 Å². The lowest BCUT2D eigenvalue weighted by atomic mass is 9.97. The lowest BCUT2D eigenvalue weighted by molar-refractivity contribution is -0.384. The van der Waals surface area contributed by atoms with Gasteiger partial charge in [-0.15, -0.1) is 0 Å². The Morgan fingerprint density at radius 1 is 1.07 bits per heavy atom. The minimum atomic E-state index is -0.710. The monoisotopic (exact) mass is 383 g/mol. The standard InChI is InChI=1S/C20H18ClN3O3/c21-16-5-3-14(4-6-16)20(25)12-19(15-2-1-11-22-13-15)23-17-7-9-18(10-8-17)24(26)27/h1-11,13,19-20,23,25H,12H2. The van der Waals surface area contributed by atoms with Crippen molar-refractivity contribution in [2.24, 2.45) is 0 Å². The molecule has 1 aromatic heterocycles. The number of pyridine rings is 1. The van der Waals surface area contributed by atoms with Crippen LogP contribution in [0.5, 0.6) is 0 Å². The molecule has 2 unspecified atom stereocenters. The number of hydrogen-bond acceptors (Lipinski definition) is 5. The summed E-state index contributed by atoms with van der Waals surface area (Å²) >= 11 is 5.91. The van der Waals surface area contributed by atoms with E-state index in [1.54, 1.807) is 48.8 Å². The lowest BCUT2D eigenvalue weighted by Crippen LogP contribution is -2.15. The quantitative estimate of drug-likeness (QED) is 0.446. The summed E-state index contributed by atoms with van der Waals surface area (Å²) in [7, 11) is 0. The van der Waals surface area contributed by atoms with Gasteiger partial charge in [0, 0.05) is 41.7 Å². The maximum Gasteiger partial charge on any atom is 0.269 e. The van der Waals surface area contributed by atoms with Crippen LogP contribution >= 0.6 is 11.6 Å². The zero-order chi connectivity index (χ0) is 19.2. The number of benzene rings is 2. The summed E-state index contributed by atoms with van der Waals surface area (Å²) in [5, 5.41) is 25.4. The molecule has 7 heteroatoms. The van der Waals surface area contributed by atoms with E-state index in [0.717, 1.165) is 16.8 Å². The largest absolute Gasteiger partial charge is 0.388 e. The Hall–Kier alpha value is -2.96. The van der Waals surface area contributed by atoms with Crippen molar-refractivity contribution >= 4 is 23.0 Å². The van der Waals surface area contributed by atoms with Crippen LogP contribution in [-0.2, 0) is 0 Å². The molecule has 0 aliphatic heterocycles. The molecule has 0 aliphatic carbocycles. The second-order valence-corrected chi connectivity index (χ2v) is 6.53. The van der Waals surface area contributed by atoms with Crippen LogP contribution in [0.25, 0.3) is 0 Å². The van der Waals surface area contributed by atoms with Gasteiger partial charge in [0.1, 0.15) is 0 Å². The van der Waals surface area contributed by atoms with Crippen LogP contribution in [0.2, 0.25) is 5.02 Å². The first-order valence-electron chi connectivity index (χ1n) is 8.37. The Balaban J connectivity index is 1.80. The normalized spacial score (nSPS) is 13.0. The van der Waals surface area contributed by atoms with E-state index in [1.807, 2.05) is 12.1 Å². The molecule has 0 bridgehead atoms. The highest BCUT2D eigenvalue weighted by Crippen LogP contribution is 2.30. The summed E-state index contributed by atoms with van der Waals surface area (Å²) in [5.74, 6) is 0. The van der Waals surface area contributed by atoms with Crippen molar-refractivity contribution in [3.05, 3.63) is 99.3 Å². The van der Waals surface area contributed by atoms with Gasteiger partial charge < -0.3 is 10.4 Å². The molecule has 27 heavy (non-hydrogen) atoms. The number of hydrogen-bond donors (Lipinski definition) is 2. The van der Waals surface area contributed by atoms with Gasteiger partial charge in [0.05, 0.1) is 17.1 Å². The van der Waals surface area contributed by atoms with Gasteiger partial charge in [-0.05, 0) is 41.5 Å². The summed E-state index contributed by atoms with van der Waals surface area (Å²) in [6.07, 6.45) is 3.10. The van der Waals surface area contributed by atoms with Crippen molar-refractivity contribution in [1.29, 1.82) is 0 Å². The predicted octanol–water partition coefficient (Wildman–Crippen LogP) is 4.92. The molecular weight excluding hydrogens is 366 g/mol. The van der Waals surface area contributed by atoms with Crippen LogP contribution in [0.4, 0.5) is 11.4 Å². The SMILES string of the molecule is O=[N+]([O-])c1ccc(NC(CC(O)c2ccc(Cl)cc2)c2cccnc2)cc1. The summed E-state index contributed by atoms with van der Waals surface area (Å²) in [6, 6.07) is 16.8. The topological polar surface area (TPSA) is 88.3 Å². The molecule has 3 aromatic rings. The molecule has 0 saturated heterocycles. The number of halogens is 1. The zero-order valence-electron chi connectivity index (χ0n) is 14.3.